The first-order valence-electron chi connectivity index (χ1n) is 4.62. The molecule has 1 aromatic carbocycles. The summed E-state index contributed by atoms with van der Waals surface area (Å²) in [5, 5.41) is 0. The predicted octanol–water partition coefficient (Wildman–Crippen LogP) is 1.69. The van der Waals surface area contributed by atoms with Crippen molar-refractivity contribution in [1.82, 2.24) is 0 Å². The molecule has 2 nitrogen and oxygen atoms in total. The molecule has 1 atom stereocenters. The standard InChI is InChI=1S/C11H15NO/c1-12-10(8-13-2)7-9-5-3-4-6-11(9)12/h3-6,10H,7-8H2,1-2H3/t10-/m1/s1. The minimum absolute atomic E-state index is 0.516. The normalized spacial score (nSPS) is 20.5. The van der Waals surface area contributed by atoms with E-state index in [2.05, 4.69) is 36.2 Å². The zero-order valence-electron chi connectivity index (χ0n) is 8.16. The van der Waals surface area contributed by atoms with Crippen LogP contribution in [0.25, 0.3) is 0 Å². The molecular weight excluding hydrogens is 162 g/mol. The number of para-hydroxylation sites is 1. The number of rotatable bonds is 2. The van der Waals surface area contributed by atoms with Crippen molar-refractivity contribution in [2.24, 2.45) is 0 Å². The van der Waals surface area contributed by atoms with E-state index in [4.69, 9.17) is 4.74 Å². The minimum atomic E-state index is 0.516. The minimum Gasteiger partial charge on any atom is -0.383 e. The number of hydrogen-bond acceptors (Lipinski definition) is 2. The molecule has 70 valence electrons. The van der Waals surface area contributed by atoms with Crippen molar-refractivity contribution in [3.05, 3.63) is 29.8 Å². The summed E-state index contributed by atoms with van der Waals surface area (Å²) in [5.41, 5.74) is 2.79. The molecule has 0 unspecified atom stereocenters. The van der Waals surface area contributed by atoms with Crippen LogP contribution < -0.4 is 4.90 Å². The summed E-state index contributed by atoms with van der Waals surface area (Å²) >= 11 is 0. The Labute approximate surface area is 79.1 Å². The molecule has 1 aliphatic heterocycles. The maximum atomic E-state index is 5.19. The Morgan fingerprint density at radius 2 is 2.23 bits per heavy atom. The van der Waals surface area contributed by atoms with E-state index < -0.39 is 0 Å². The number of fused-ring (bicyclic) bond motifs is 1. The third-order valence-electron chi connectivity index (χ3n) is 2.73. The van der Waals surface area contributed by atoms with E-state index >= 15 is 0 Å². The highest BCUT2D eigenvalue weighted by Gasteiger charge is 2.25. The number of anilines is 1. The molecule has 1 aliphatic rings. The van der Waals surface area contributed by atoms with E-state index in [1.54, 1.807) is 7.11 Å². The van der Waals surface area contributed by atoms with E-state index in [9.17, 15) is 0 Å². The molecule has 0 fully saturated rings. The molecule has 2 rings (SSSR count). The lowest BCUT2D eigenvalue weighted by Gasteiger charge is -2.21. The summed E-state index contributed by atoms with van der Waals surface area (Å²) < 4.78 is 5.19. The maximum Gasteiger partial charge on any atom is 0.0669 e. The zero-order chi connectivity index (χ0) is 9.26. The fraction of sp³-hybridized carbons (Fsp3) is 0.455. The predicted molar refractivity (Wildman–Crippen MR) is 54.2 cm³/mol. The van der Waals surface area contributed by atoms with Gasteiger partial charge in [0.2, 0.25) is 0 Å². The molecule has 2 heteroatoms. The van der Waals surface area contributed by atoms with Crippen LogP contribution in [0.3, 0.4) is 0 Å². The van der Waals surface area contributed by atoms with Crippen molar-refractivity contribution >= 4 is 5.69 Å². The fourth-order valence-corrected chi connectivity index (χ4v) is 1.98. The Morgan fingerprint density at radius 3 is 2.92 bits per heavy atom. The van der Waals surface area contributed by atoms with Crippen molar-refractivity contribution in [2.75, 3.05) is 25.7 Å². The van der Waals surface area contributed by atoms with Crippen LogP contribution in [0, 0.1) is 0 Å². The van der Waals surface area contributed by atoms with Crippen LogP contribution in [0.4, 0.5) is 5.69 Å². The molecule has 0 spiro atoms. The molecule has 0 saturated carbocycles. The van der Waals surface area contributed by atoms with Gasteiger partial charge in [-0.3, -0.25) is 0 Å². The third kappa shape index (κ3) is 1.42. The van der Waals surface area contributed by atoms with Gasteiger partial charge in [0.25, 0.3) is 0 Å². The second kappa shape index (κ2) is 3.38. The molecule has 13 heavy (non-hydrogen) atoms. The van der Waals surface area contributed by atoms with E-state index in [0.29, 0.717) is 6.04 Å². The molecule has 1 heterocycles. The van der Waals surface area contributed by atoms with Gasteiger partial charge in [-0.05, 0) is 18.1 Å². The van der Waals surface area contributed by atoms with E-state index in [1.807, 2.05) is 0 Å². The molecule has 1 aromatic rings. The molecular formula is C11H15NO. The van der Waals surface area contributed by atoms with Crippen LogP contribution in [-0.2, 0) is 11.2 Å². The summed E-state index contributed by atoms with van der Waals surface area (Å²) in [6.07, 6.45) is 1.11. The van der Waals surface area contributed by atoms with Gasteiger partial charge in [0.1, 0.15) is 0 Å². The van der Waals surface area contributed by atoms with Crippen molar-refractivity contribution < 1.29 is 4.74 Å². The number of ether oxygens (including phenoxy) is 1. The molecule has 0 amide bonds. The largest absolute Gasteiger partial charge is 0.383 e. The zero-order valence-corrected chi connectivity index (χ0v) is 8.16. The molecule has 0 radical (unpaired) electrons. The second-order valence-corrected chi connectivity index (χ2v) is 3.55. The quantitative estimate of drug-likeness (QED) is 0.681. The number of benzene rings is 1. The highest BCUT2D eigenvalue weighted by Crippen LogP contribution is 2.30. The van der Waals surface area contributed by atoms with E-state index in [0.717, 1.165) is 13.0 Å². The number of methoxy groups -OCH3 is 1. The van der Waals surface area contributed by atoms with Crippen LogP contribution in [0.5, 0.6) is 0 Å². The van der Waals surface area contributed by atoms with Gasteiger partial charge in [-0.15, -0.1) is 0 Å². The van der Waals surface area contributed by atoms with Crippen molar-refractivity contribution in [3.8, 4) is 0 Å². The highest BCUT2D eigenvalue weighted by atomic mass is 16.5. The van der Waals surface area contributed by atoms with Gasteiger partial charge in [0, 0.05) is 19.8 Å². The first-order valence-corrected chi connectivity index (χ1v) is 4.62. The first kappa shape index (κ1) is 8.57. The third-order valence-corrected chi connectivity index (χ3v) is 2.73. The molecule has 0 saturated heterocycles. The van der Waals surface area contributed by atoms with Gasteiger partial charge in [0.05, 0.1) is 12.6 Å². The SMILES string of the molecule is COC[C@H]1Cc2ccccc2N1C. The Morgan fingerprint density at radius 1 is 1.46 bits per heavy atom. The average Bonchev–Trinajstić information content (AvgIpc) is 2.46. The van der Waals surface area contributed by atoms with Gasteiger partial charge >= 0.3 is 0 Å². The molecule has 0 aromatic heterocycles. The van der Waals surface area contributed by atoms with Gasteiger partial charge in [-0.1, -0.05) is 18.2 Å². The smallest absolute Gasteiger partial charge is 0.0669 e. The Kier molecular flexibility index (Phi) is 2.23. The van der Waals surface area contributed by atoms with E-state index in [1.165, 1.54) is 11.3 Å². The Hall–Kier alpha value is -1.02. The summed E-state index contributed by atoms with van der Waals surface area (Å²) in [4.78, 5) is 2.30. The summed E-state index contributed by atoms with van der Waals surface area (Å²) in [6.45, 7) is 0.811. The van der Waals surface area contributed by atoms with Gasteiger partial charge in [0.15, 0.2) is 0 Å². The van der Waals surface area contributed by atoms with Crippen LogP contribution >= 0.6 is 0 Å². The number of hydrogen-bond donors (Lipinski definition) is 0. The van der Waals surface area contributed by atoms with Crippen LogP contribution in [-0.4, -0.2) is 26.8 Å². The van der Waals surface area contributed by atoms with Crippen LogP contribution in [0.2, 0.25) is 0 Å². The lowest BCUT2D eigenvalue weighted by molar-refractivity contribution is 0.180. The molecule has 0 bridgehead atoms. The van der Waals surface area contributed by atoms with Crippen LogP contribution in [0.15, 0.2) is 24.3 Å². The second-order valence-electron chi connectivity index (χ2n) is 3.55. The molecule has 0 aliphatic carbocycles. The van der Waals surface area contributed by atoms with Crippen molar-refractivity contribution in [1.29, 1.82) is 0 Å². The first-order chi connectivity index (χ1) is 6.33. The molecule has 0 N–H and O–H groups in total. The lowest BCUT2D eigenvalue weighted by atomic mass is 10.1. The Balaban J connectivity index is 2.22. The highest BCUT2D eigenvalue weighted by molar-refractivity contribution is 5.58. The average molecular weight is 177 g/mol. The van der Waals surface area contributed by atoms with Crippen molar-refractivity contribution in [2.45, 2.75) is 12.5 Å². The Bertz CT molecular complexity index is 298. The maximum absolute atomic E-state index is 5.19. The topological polar surface area (TPSA) is 12.5 Å². The number of nitrogens with zero attached hydrogens (tertiary/aromatic N) is 1. The van der Waals surface area contributed by atoms with Crippen LogP contribution in [0.1, 0.15) is 5.56 Å². The number of likely N-dealkylation sites (N-methyl/N-ethyl adjacent to an activating group) is 1. The van der Waals surface area contributed by atoms with Gasteiger partial charge < -0.3 is 9.64 Å². The van der Waals surface area contributed by atoms with Gasteiger partial charge in [-0.25, -0.2) is 0 Å². The summed E-state index contributed by atoms with van der Waals surface area (Å²) in [5.74, 6) is 0. The van der Waals surface area contributed by atoms with E-state index in [-0.39, 0.29) is 0 Å². The monoisotopic (exact) mass is 177 g/mol. The fourth-order valence-electron chi connectivity index (χ4n) is 1.98. The summed E-state index contributed by atoms with van der Waals surface area (Å²) in [6, 6.07) is 9.07. The lowest BCUT2D eigenvalue weighted by Crippen LogP contribution is -2.31. The summed E-state index contributed by atoms with van der Waals surface area (Å²) in [7, 11) is 3.90. The van der Waals surface area contributed by atoms with Gasteiger partial charge in [-0.2, -0.15) is 0 Å². The van der Waals surface area contributed by atoms with Crippen molar-refractivity contribution in [3.63, 3.8) is 0 Å².